The predicted molar refractivity (Wildman–Crippen MR) is 106 cm³/mol. The van der Waals surface area contributed by atoms with E-state index in [0.29, 0.717) is 5.92 Å². The first-order chi connectivity index (χ1) is 13.2. The van der Waals surface area contributed by atoms with E-state index in [1.165, 1.54) is 17.0 Å². The minimum absolute atomic E-state index is 0.413. The fraction of sp³-hybridized carbons (Fsp3) is 0.429. The summed E-state index contributed by atoms with van der Waals surface area (Å²) in [6, 6.07) is 4.13. The van der Waals surface area contributed by atoms with Gasteiger partial charge in [-0.1, -0.05) is 6.92 Å². The summed E-state index contributed by atoms with van der Waals surface area (Å²) in [5, 5.41) is 0. The van der Waals surface area contributed by atoms with Gasteiger partial charge in [-0.15, -0.1) is 0 Å². The number of aryl methyl sites for hydroxylation is 2. The Morgan fingerprint density at radius 3 is 2.81 bits per heavy atom. The maximum atomic E-state index is 4.75. The highest BCUT2D eigenvalue weighted by Crippen LogP contribution is 2.30. The minimum atomic E-state index is 0.413. The molecule has 0 bridgehead atoms. The van der Waals surface area contributed by atoms with Crippen molar-refractivity contribution in [2.45, 2.75) is 45.6 Å². The van der Waals surface area contributed by atoms with Crippen molar-refractivity contribution in [1.29, 1.82) is 0 Å². The van der Waals surface area contributed by atoms with Gasteiger partial charge in [0.1, 0.15) is 17.5 Å². The number of hydrogen-bond donors (Lipinski definition) is 0. The van der Waals surface area contributed by atoms with Crippen LogP contribution in [-0.4, -0.2) is 37.6 Å². The van der Waals surface area contributed by atoms with Gasteiger partial charge < -0.3 is 9.47 Å². The van der Waals surface area contributed by atoms with Crippen LogP contribution in [-0.2, 0) is 13.0 Å². The van der Waals surface area contributed by atoms with Gasteiger partial charge in [-0.3, -0.25) is 4.98 Å². The van der Waals surface area contributed by atoms with E-state index in [9.17, 15) is 0 Å². The van der Waals surface area contributed by atoms with Gasteiger partial charge in [0.2, 0.25) is 0 Å². The van der Waals surface area contributed by atoms with Crippen LogP contribution in [0.25, 0.3) is 0 Å². The van der Waals surface area contributed by atoms with Gasteiger partial charge in [0.05, 0.1) is 0 Å². The number of piperidine rings is 1. The van der Waals surface area contributed by atoms with Crippen molar-refractivity contribution in [2.24, 2.45) is 0 Å². The van der Waals surface area contributed by atoms with Gasteiger partial charge in [-0.2, -0.15) is 0 Å². The van der Waals surface area contributed by atoms with E-state index in [1.807, 2.05) is 31.7 Å². The fourth-order valence-corrected chi connectivity index (χ4v) is 3.89. The lowest BCUT2D eigenvalue weighted by molar-refractivity contribution is 0.473. The van der Waals surface area contributed by atoms with Gasteiger partial charge in [0.15, 0.2) is 0 Å². The van der Waals surface area contributed by atoms with Crippen LogP contribution in [0.3, 0.4) is 0 Å². The van der Waals surface area contributed by atoms with Gasteiger partial charge >= 0.3 is 0 Å². The molecular formula is C21H26N6. The van der Waals surface area contributed by atoms with Crippen molar-refractivity contribution in [3.8, 4) is 0 Å². The molecule has 0 radical (unpaired) electrons. The van der Waals surface area contributed by atoms with Crippen LogP contribution < -0.4 is 4.90 Å². The molecular weight excluding hydrogens is 336 g/mol. The van der Waals surface area contributed by atoms with Crippen molar-refractivity contribution in [2.75, 3.05) is 18.0 Å². The summed E-state index contributed by atoms with van der Waals surface area (Å²) >= 11 is 0. The number of hydrogen-bond acceptors (Lipinski definition) is 5. The average Bonchev–Trinajstić information content (AvgIpc) is 3.17. The van der Waals surface area contributed by atoms with Crippen LogP contribution in [0.2, 0.25) is 0 Å². The number of imidazole rings is 1. The highest BCUT2D eigenvalue weighted by molar-refractivity contribution is 5.47. The summed E-state index contributed by atoms with van der Waals surface area (Å²) in [5.41, 5.74) is 2.47. The maximum Gasteiger partial charge on any atom is 0.135 e. The van der Waals surface area contributed by atoms with Crippen LogP contribution >= 0.6 is 0 Å². The molecule has 1 fully saturated rings. The SMILES string of the molecule is CCc1cnc(C)nc1N1CCC[C@@H](c2nccn2Cc2ccncc2)C1. The van der Waals surface area contributed by atoms with Crippen molar-refractivity contribution in [1.82, 2.24) is 24.5 Å². The van der Waals surface area contributed by atoms with E-state index in [0.717, 1.165) is 50.5 Å². The lowest BCUT2D eigenvalue weighted by Crippen LogP contribution is -2.36. The molecule has 0 unspecified atom stereocenters. The molecule has 1 saturated heterocycles. The number of rotatable bonds is 5. The van der Waals surface area contributed by atoms with E-state index in [2.05, 4.69) is 44.7 Å². The Labute approximate surface area is 160 Å². The molecule has 0 saturated carbocycles. The number of aromatic nitrogens is 5. The molecule has 1 aliphatic rings. The summed E-state index contributed by atoms with van der Waals surface area (Å²) in [4.78, 5) is 20.4. The second-order valence-electron chi connectivity index (χ2n) is 7.17. The molecule has 6 heteroatoms. The largest absolute Gasteiger partial charge is 0.356 e. The molecule has 6 nitrogen and oxygen atoms in total. The third kappa shape index (κ3) is 3.84. The summed E-state index contributed by atoms with van der Waals surface area (Å²) < 4.78 is 2.27. The van der Waals surface area contributed by atoms with Gasteiger partial charge in [-0.05, 0) is 43.9 Å². The van der Waals surface area contributed by atoms with E-state index < -0.39 is 0 Å². The lowest BCUT2D eigenvalue weighted by atomic mass is 9.96. The third-order valence-corrected chi connectivity index (χ3v) is 5.28. The molecule has 0 amide bonds. The molecule has 4 heterocycles. The Bertz CT molecular complexity index is 889. The number of pyridine rings is 1. The molecule has 0 N–H and O–H groups in total. The molecule has 0 spiro atoms. The van der Waals surface area contributed by atoms with Crippen molar-refractivity contribution in [3.05, 3.63) is 65.9 Å². The zero-order chi connectivity index (χ0) is 18.6. The van der Waals surface area contributed by atoms with E-state index in [4.69, 9.17) is 9.97 Å². The van der Waals surface area contributed by atoms with Crippen molar-refractivity contribution < 1.29 is 0 Å². The fourth-order valence-electron chi connectivity index (χ4n) is 3.89. The van der Waals surface area contributed by atoms with E-state index in [1.54, 1.807) is 0 Å². The molecule has 0 aliphatic carbocycles. The van der Waals surface area contributed by atoms with Crippen LogP contribution in [0.5, 0.6) is 0 Å². The van der Waals surface area contributed by atoms with Crippen LogP contribution in [0.4, 0.5) is 5.82 Å². The van der Waals surface area contributed by atoms with Crippen LogP contribution in [0.1, 0.15) is 48.5 Å². The Morgan fingerprint density at radius 1 is 1.15 bits per heavy atom. The standard InChI is InChI=1S/C21H26N6/c1-3-18-13-24-16(2)25-21(18)26-11-4-5-19(15-26)20-23-10-12-27(20)14-17-6-8-22-9-7-17/h6-10,12-13,19H,3-5,11,14-15H2,1-2H3/t19-/m1/s1. The maximum absolute atomic E-state index is 4.75. The molecule has 1 aliphatic heterocycles. The molecule has 4 rings (SSSR count). The molecule has 140 valence electrons. The third-order valence-electron chi connectivity index (χ3n) is 5.28. The quantitative estimate of drug-likeness (QED) is 0.696. The predicted octanol–water partition coefficient (Wildman–Crippen LogP) is 3.37. The Kier molecular flexibility index (Phi) is 5.14. The first-order valence-electron chi connectivity index (χ1n) is 9.72. The molecule has 3 aromatic rings. The summed E-state index contributed by atoms with van der Waals surface area (Å²) in [5.74, 6) is 3.52. The monoisotopic (exact) mass is 362 g/mol. The lowest BCUT2D eigenvalue weighted by Gasteiger charge is -2.34. The second kappa shape index (κ2) is 7.86. The topological polar surface area (TPSA) is 59.7 Å². The van der Waals surface area contributed by atoms with Crippen LogP contribution in [0.15, 0.2) is 43.1 Å². The van der Waals surface area contributed by atoms with Gasteiger partial charge in [0.25, 0.3) is 0 Å². The summed E-state index contributed by atoms with van der Waals surface area (Å²) in [6.07, 6.45) is 12.9. The molecule has 27 heavy (non-hydrogen) atoms. The molecule has 0 aromatic carbocycles. The average molecular weight is 362 g/mol. The molecule has 1 atom stereocenters. The zero-order valence-corrected chi connectivity index (χ0v) is 16.0. The Balaban J connectivity index is 1.56. The van der Waals surface area contributed by atoms with Crippen LogP contribution in [0, 0.1) is 6.92 Å². The summed E-state index contributed by atoms with van der Waals surface area (Å²) in [7, 11) is 0. The number of nitrogens with zero attached hydrogens (tertiary/aromatic N) is 6. The molecule has 3 aromatic heterocycles. The van der Waals surface area contributed by atoms with Crippen molar-refractivity contribution >= 4 is 5.82 Å². The smallest absolute Gasteiger partial charge is 0.135 e. The van der Waals surface area contributed by atoms with E-state index in [-0.39, 0.29) is 0 Å². The zero-order valence-electron chi connectivity index (χ0n) is 16.0. The second-order valence-corrected chi connectivity index (χ2v) is 7.17. The Hall–Kier alpha value is -2.76. The Morgan fingerprint density at radius 2 is 2.00 bits per heavy atom. The highest BCUT2D eigenvalue weighted by atomic mass is 15.2. The van der Waals surface area contributed by atoms with Gasteiger partial charge in [0, 0.05) is 62.1 Å². The van der Waals surface area contributed by atoms with E-state index >= 15 is 0 Å². The first kappa shape index (κ1) is 17.6. The first-order valence-corrected chi connectivity index (χ1v) is 9.72. The van der Waals surface area contributed by atoms with Crippen molar-refractivity contribution in [3.63, 3.8) is 0 Å². The normalized spacial score (nSPS) is 17.3. The number of anilines is 1. The van der Waals surface area contributed by atoms with Gasteiger partial charge in [-0.25, -0.2) is 15.0 Å². The summed E-state index contributed by atoms with van der Waals surface area (Å²) in [6.45, 7) is 6.97. The minimum Gasteiger partial charge on any atom is -0.356 e. The highest BCUT2D eigenvalue weighted by Gasteiger charge is 2.26.